The maximum atomic E-state index is 9.32. The van der Waals surface area contributed by atoms with Gasteiger partial charge >= 0.3 is 0 Å². The lowest BCUT2D eigenvalue weighted by atomic mass is 10.1. The summed E-state index contributed by atoms with van der Waals surface area (Å²) in [5.74, 6) is 0.394. The van der Waals surface area contributed by atoms with Crippen LogP contribution in [0.25, 0.3) is 0 Å². The van der Waals surface area contributed by atoms with Crippen molar-refractivity contribution < 1.29 is 5.11 Å². The van der Waals surface area contributed by atoms with E-state index in [-0.39, 0.29) is 0 Å². The van der Waals surface area contributed by atoms with Gasteiger partial charge in [-0.1, -0.05) is 22.0 Å². The van der Waals surface area contributed by atoms with Gasteiger partial charge in [-0.15, -0.1) is 0 Å². The summed E-state index contributed by atoms with van der Waals surface area (Å²) < 4.78 is 1.02. The topological polar surface area (TPSA) is 46.2 Å². The molecule has 0 radical (unpaired) electrons. The van der Waals surface area contributed by atoms with Crippen LogP contribution in [0.4, 0.5) is 0 Å². The Morgan fingerprint density at radius 1 is 1.46 bits per heavy atom. The molecular weight excluding hydrogens is 230 g/mol. The van der Waals surface area contributed by atoms with Crippen LogP contribution in [0.15, 0.2) is 34.0 Å². The molecule has 2 nitrogen and oxygen atoms in total. The Bertz CT molecular complexity index is 266. The highest BCUT2D eigenvalue weighted by atomic mass is 79.9. The first-order valence-electron chi connectivity index (χ1n) is 4.37. The molecule has 0 fully saturated rings. The average molecular weight is 244 g/mol. The van der Waals surface area contributed by atoms with E-state index in [1.165, 1.54) is 5.57 Å². The Balaban J connectivity index is 2.66. The van der Waals surface area contributed by atoms with Crippen molar-refractivity contribution in [1.82, 2.24) is 0 Å². The molecule has 0 amide bonds. The Kier molecular flexibility index (Phi) is 4.25. The first kappa shape index (κ1) is 10.5. The molecule has 3 heteroatoms. The maximum Gasteiger partial charge on any atom is 0.0971 e. The zero-order valence-electron chi connectivity index (χ0n) is 7.46. The van der Waals surface area contributed by atoms with Gasteiger partial charge in [0, 0.05) is 10.9 Å². The molecule has 0 unspecified atom stereocenters. The number of rotatable bonds is 3. The average Bonchev–Trinajstić information content (AvgIpc) is 2.23. The predicted octanol–water partition coefficient (Wildman–Crippen LogP) is 2.78. The number of aliphatic hydroxyl groups is 1. The van der Waals surface area contributed by atoms with Crippen molar-refractivity contribution in [3.05, 3.63) is 34.0 Å². The molecule has 0 saturated heterocycles. The van der Waals surface area contributed by atoms with Crippen LogP contribution in [0.5, 0.6) is 0 Å². The smallest absolute Gasteiger partial charge is 0.0971 e. The van der Waals surface area contributed by atoms with E-state index >= 15 is 0 Å². The molecule has 0 spiro atoms. The highest BCUT2D eigenvalue weighted by Gasteiger charge is 2.03. The molecule has 1 aliphatic rings. The molecule has 0 aromatic carbocycles. The first-order chi connectivity index (χ1) is 6.22. The zero-order chi connectivity index (χ0) is 9.68. The molecule has 13 heavy (non-hydrogen) atoms. The molecule has 0 atom stereocenters. The van der Waals surface area contributed by atoms with Gasteiger partial charge in [0.1, 0.15) is 0 Å². The van der Waals surface area contributed by atoms with Gasteiger partial charge in [-0.05, 0) is 37.1 Å². The van der Waals surface area contributed by atoms with Crippen molar-refractivity contribution in [3.63, 3.8) is 0 Å². The number of nitrogens with two attached hydrogens (primary N) is 1. The number of aliphatic hydroxyl groups excluding tert-OH is 1. The largest absolute Gasteiger partial charge is 0.512 e. The SMILES string of the molecule is NCCCC1=CC=C(O)CC(Br)=C1. The fourth-order valence-electron chi connectivity index (χ4n) is 1.20. The summed E-state index contributed by atoms with van der Waals surface area (Å²) in [6.07, 6.45) is 8.28. The second-order valence-corrected chi connectivity index (χ2v) is 4.08. The van der Waals surface area contributed by atoms with Crippen molar-refractivity contribution in [3.8, 4) is 0 Å². The molecule has 3 N–H and O–H groups in total. The number of hydrogen-bond donors (Lipinski definition) is 2. The van der Waals surface area contributed by atoms with E-state index in [1.807, 2.05) is 6.08 Å². The van der Waals surface area contributed by atoms with Gasteiger partial charge in [0.15, 0.2) is 0 Å². The van der Waals surface area contributed by atoms with Crippen molar-refractivity contribution in [2.75, 3.05) is 6.54 Å². The van der Waals surface area contributed by atoms with E-state index < -0.39 is 0 Å². The molecule has 0 saturated carbocycles. The Labute approximate surface area is 87.0 Å². The third-order valence-electron chi connectivity index (χ3n) is 1.85. The van der Waals surface area contributed by atoms with Crippen LogP contribution >= 0.6 is 15.9 Å². The first-order valence-corrected chi connectivity index (χ1v) is 5.16. The van der Waals surface area contributed by atoms with Gasteiger partial charge < -0.3 is 10.8 Å². The summed E-state index contributed by atoms with van der Waals surface area (Å²) in [6.45, 7) is 0.707. The molecule has 0 bridgehead atoms. The van der Waals surface area contributed by atoms with E-state index in [2.05, 4.69) is 22.0 Å². The molecule has 0 aromatic rings. The third-order valence-corrected chi connectivity index (χ3v) is 2.36. The lowest BCUT2D eigenvalue weighted by Crippen LogP contribution is -1.98. The quantitative estimate of drug-likeness (QED) is 0.801. The number of halogens is 1. The van der Waals surface area contributed by atoms with Crippen LogP contribution in [0.1, 0.15) is 19.3 Å². The van der Waals surface area contributed by atoms with Gasteiger partial charge in [-0.2, -0.15) is 0 Å². The third kappa shape index (κ3) is 3.79. The molecule has 72 valence electrons. The highest BCUT2D eigenvalue weighted by molar-refractivity contribution is 9.11. The molecule has 0 heterocycles. The van der Waals surface area contributed by atoms with Crippen LogP contribution in [-0.4, -0.2) is 11.7 Å². The van der Waals surface area contributed by atoms with Crippen LogP contribution in [0.3, 0.4) is 0 Å². The number of allylic oxidation sites excluding steroid dienone is 5. The van der Waals surface area contributed by atoms with Crippen LogP contribution in [0.2, 0.25) is 0 Å². The Morgan fingerprint density at radius 2 is 2.23 bits per heavy atom. The van der Waals surface area contributed by atoms with E-state index in [1.54, 1.807) is 6.08 Å². The second kappa shape index (κ2) is 5.25. The standard InChI is InChI=1S/C10H14BrNO/c11-9-6-8(2-1-5-12)3-4-10(13)7-9/h3-4,6,13H,1-2,5,7,12H2. The Morgan fingerprint density at radius 3 is 2.92 bits per heavy atom. The van der Waals surface area contributed by atoms with Crippen molar-refractivity contribution in [2.24, 2.45) is 5.73 Å². The molecule has 1 aliphatic carbocycles. The highest BCUT2D eigenvalue weighted by Crippen LogP contribution is 2.22. The lowest BCUT2D eigenvalue weighted by molar-refractivity contribution is 0.401. The molecular formula is C10H14BrNO. The summed E-state index contributed by atoms with van der Waals surface area (Å²) >= 11 is 3.40. The molecule has 0 aliphatic heterocycles. The van der Waals surface area contributed by atoms with Crippen LogP contribution in [0, 0.1) is 0 Å². The summed E-state index contributed by atoms with van der Waals surface area (Å²) in [4.78, 5) is 0. The fraction of sp³-hybridized carbons (Fsp3) is 0.400. The van der Waals surface area contributed by atoms with Crippen molar-refractivity contribution >= 4 is 15.9 Å². The zero-order valence-corrected chi connectivity index (χ0v) is 9.05. The van der Waals surface area contributed by atoms with E-state index in [9.17, 15) is 5.11 Å². The van der Waals surface area contributed by atoms with E-state index in [0.29, 0.717) is 18.7 Å². The van der Waals surface area contributed by atoms with Gasteiger partial charge in [0.25, 0.3) is 0 Å². The van der Waals surface area contributed by atoms with Gasteiger partial charge in [-0.3, -0.25) is 0 Å². The van der Waals surface area contributed by atoms with Crippen molar-refractivity contribution in [1.29, 1.82) is 0 Å². The lowest BCUT2D eigenvalue weighted by Gasteiger charge is -1.99. The normalized spacial score (nSPS) is 17.2. The van der Waals surface area contributed by atoms with Crippen LogP contribution < -0.4 is 5.73 Å². The molecule has 1 rings (SSSR count). The molecule has 0 aromatic heterocycles. The minimum Gasteiger partial charge on any atom is -0.512 e. The second-order valence-electron chi connectivity index (χ2n) is 3.06. The van der Waals surface area contributed by atoms with Crippen molar-refractivity contribution in [2.45, 2.75) is 19.3 Å². The fourth-order valence-corrected chi connectivity index (χ4v) is 1.78. The van der Waals surface area contributed by atoms with Gasteiger partial charge in [0.2, 0.25) is 0 Å². The monoisotopic (exact) mass is 243 g/mol. The minimum atomic E-state index is 0.394. The number of hydrogen-bond acceptors (Lipinski definition) is 2. The maximum absolute atomic E-state index is 9.32. The van der Waals surface area contributed by atoms with Gasteiger partial charge in [0.05, 0.1) is 5.76 Å². The van der Waals surface area contributed by atoms with E-state index in [4.69, 9.17) is 5.73 Å². The van der Waals surface area contributed by atoms with Crippen LogP contribution in [-0.2, 0) is 0 Å². The minimum absolute atomic E-state index is 0.394. The Hall–Kier alpha value is -0.540. The summed E-state index contributed by atoms with van der Waals surface area (Å²) in [5, 5.41) is 9.32. The summed E-state index contributed by atoms with van der Waals surface area (Å²) in [6, 6.07) is 0. The summed E-state index contributed by atoms with van der Waals surface area (Å²) in [7, 11) is 0. The summed E-state index contributed by atoms with van der Waals surface area (Å²) in [5.41, 5.74) is 6.63. The van der Waals surface area contributed by atoms with Gasteiger partial charge in [-0.25, -0.2) is 0 Å². The predicted molar refractivity (Wildman–Crippen MR) is 58.7 cm³/mol. The van der Waals surface area contributed by atoms with E-state index in [0.717, 1.165) is 17.3 Å².